The van der Waals surface area contributed by atoms with Crippen LogP contribution in [0.1, 0.15) is 17.3 Å². The molecule has 8 heteroatoms. The fraction of sp³-hybridized carbons (Fsp3) is 0.160. The number of sulfone groups is 1. The van der Waals surface area contributed by atoms with Gasteiger partial charge in [-0.05, 0) is 55.5 Å². The van der Waals surface area contributed by atoms with Crippen LogP contribution in [0.5, 0.6) is 17.2 Å². The Morgan fingerprint density at radius 1 is 0.970 bits per heavy atom. The molecule has 3 aromatic rings. The number of allylic oxidation sites excluding steroid dienone is 1. The zero-order valence-electron chi connectivity index (χ0n) is 17.9. The molecule has 0 N–H and O–H groups in total. The van der Waals surface area contributed by atoms with E-state index in [9.17, 15) is 13.2 Å². The summed E-state index contributed by atoms with van der Waals surface area (Å²) in [5.41, 5.74) is 1.37. The van der Waals surface area contributed by atoms with Gasteiger partial charge < -0.3 is 19.1 Å². The molecule has 3 aromatic carbocycles. The monoisotopic (exact) mass is 463 g/mol. The average molecular weight is 464 g/mol. The SMILES string of the molecule is CCOc1ccc(C(=O)C2=CN(c3ccc4c(c3)OCCO4)c3ccccc3S2(=O)=O)cc1. The third kappa shape index (κ3) is 3.72. The molecule has 2 aliphatic heterocycles. The van der Waals surface area contributed by atoms with E-state index in [1.165, 1.54) is 12.3 Å². The van der Waals surface area contributed by atoms with Gasteiger partial charge in [0.15, 0.2) is 11.5 Å². The number of rotatable bonds is 5. The van der Waals surface area contributed by atoms with Gasteiger partial charge in [0.2, 0.25) is 15.6 Å². The molecule has 2 heterocycles. The smallest absolute Gasteiger partial charge is 0.214 e. The maximum Gasteiger partial charge on any atom is 0.214 e. The average Bonchev–Trinajstić information content (AvgIpc) is 2.84. The summed E-state index contributed by atoms with van der Waals surface area (Å²) in [5.74, 6) is 1.21. The van der Waals surface area contributed by atoms with Crippen LogP contribution in [0.25, 0.3) is 0 Å². The Balaban J connectivity index is 1.61. The van der Waals surface area contributed by atoms with Crippen molar-refractivity contribution in [2.75, 3.05) is 24.7 Å². The fourth-order valence-electron chi connectivity index (χ4n) is 3.85. The van der Waals surface area contributed by atoms with E-state index in [1.54, 1.807) is 65.6 Å². The molecule has 5 rings (SSSR count). The predicted molar refractivity (Wildman–Crippen MR) is 123 cm³/mol. The molecular weight excluding hydrogens is 442 g/mol. The molecule has 0 aliphatic carbocycles. The third-order valence-electron chi connectivity index (χ3n) is 5.41. The first-order valence-electron chi connectivity index (χ1n) is 10.5. The minimum absolute atomic E-state index is 0.0664. The zero-order valence-corrected chi connectivity index (χ0v) is 18.7. The number of benzene rings is 3. The number of anilines is 2. The van der Waals surface area contributed by atoms with E-state index in [-0.39, 0.29) is 15.4 Å². The van der Waals surface area contributed by atoms with Crippen molar-refractivity contribution < 1.29 is 27.4 Å². The van der Waals surface area contributed by atoms with Gasteiger partial charge in [-0.1, -0.05) is 12.1 Å². The second-order valence-electron chi connectivity index (χ2n) is 7.45. The molecule has 2 aliphatic rings. The molecule has 0 fully saturated rings. The van der Waals surface area contributed by atoms with Crippen LogP contribution in [0.2, 0.25) is 0 Å². The molecule has 0 spiro atoms. The molecule has 0 saturated heterocycles. The molecule has 0 unspecified atom stereocenters. The fourth-order valence-corrected chi connectivity index (χ4v) is 5.39. The summed E-state index contributed by atoms with van der Waals surface area (Å²) in [6.07, 6.45) is 1.38. The van der Waals surface area contributed by atoms with E-state index in [0.29, 0.717) is 48.4 Å². The van der Waals surface area contributed by atoms with Crippen molar-refractivity contribution in [3.63, 3.8) is 0 Å². The lowest BCUT2D eigenvalue weighted by Gasteiger charge is -2.29. The van der Waals surface area contributed by atoms with Gasteiger partial charge in [-0.2, -0.15) is 0 Å². The van der Waals surface area contributed by atoms with Crippen molar-refractivity contribution >= 4 is 27.0 Å². The van der Waals surface area contributed by atoms with E-state index in [1.807, 2.05) is 6.92 Å². The number of ketones is 1. The second kappa shape index (κ2) is 8.29. The third-order valence-corrected chi connectivity index (χ3v) is 7.20. The number of hydrogen-bond donors (Lipinski definition) is 0. The number of ether oxygens (including phenoxy) is 3. The Morgan fingerprint density at radius 3 is 2.45 bits per heavy atom. The quantitative estimate of drug-likeness (QED) is 0.515. The number of fused-ring (bicyclic) bond motifs is 2. The van der Waals surface area contributed by atoms with Gasteiger partial charge in [-0.25, -0.2) is 8.42 Å². The maximum absolute atomic E-state index is 13.4. The van der Waals surface area contributed by atoms with Crippen LogP contribution < -0.4 is 19.1 Å². The molecule has 0 atom stereocenters. The molecule has 0 bridgehead atoms. The Hall–Kier alpha value is -3.78. The molecular formula is C25H21NO6S. The topological polar surface area (TPSA) is 82.1 Å². The zero-order chi connectivity index (χ0) is 23.0. The van der Waals surface area contributed by atoms with E-state index < -0.39 is 15.6 Å². The van der Waals surface area contributed by atoms with Crippen LogP contribution in [0, 0.1) is 0 Å². The standard InChI is InChI=1S/C25H21NO6S/c1-2-30-19-10-7-17(8-11-19)25(27)24-16-26(20-5-3-4-6-23(20)33(24,28)29)18-9-12-21-22(15-18)32-14-13-31-21/h3-12,15-16H,2,13-14H2,1H3. The summed E-state index contributed by atoms with van der Waals surface area (Å²) in [5, 5.41) is 0. The molecule has 0 saturated carbocycles. The van der Waals surface area contributed by atoms with Crippen molar-refractivity contribution in [1.29, 1.82) is 0 Å². The number of carbonyl (C=O) groups is 1. The van der Waals surface area contributed by atoms with Gasteiger partial charge in [0.1, 0.15) is 23.9 Å². The molecule has 0 radical (unpaired) electrons. The minimum Gasteiger partial charge on any atom is -0.494 e. The molecule has 33 heavy (non-hydrogen) atoms. The van der Waals surface area contributed by atoms with Crippen molar-refractivity contribution in [1.82, 2.24) is 0 Å². The van der Waals surface area contributed by atoms with Gasteiger partial charge in [-0.3, -0.25) is 4.79 Å². The summed E-state index contributed by atoms with van der Waals surface area (Å²) in [6, 6.07) is 18.4. The van der Waals surface area contributed by atoms with E-state index in [2.05, 4.69) is 0 Å². The summed E-state index contributed by atoms with van der Waals surface area (Å²) in [6.45, 7) is 3.26. The first-order valence-corrected chi connectivity index (χ1v) is 12.0. The Labute approximate surface area is 191 Å². The lowest BCUT2D eigenvalue weighted by atomic mass is 10.1. The summed E-state index contributed by atoms with van der Waals surface area (Å²) >= 11 is 0. The summed E-state index contributed by atoms with van der Waals surface area (Å²) in [4.78, 5) is 14.8. The number of para-hydroxylation sites is 1. The van der Waals surface area contributed by atoms with Gasteiger partial charge in [0.05, 0.1) is 17.2 Å². The number of hydrogen-bond acceptors (Lipinski definition) is 7. The minimum atomic E-state index is -4.03. The molecule has 7 nitrogen and oxygen atoms in total. The highest BCUT2D eigenvalue weighted by Gasteiger charge is 2.36. The van der Waals surface area contributed by atoms with Crippen LogP contribution in [0.15, 0.2) is 82.7 Å². The Kier molecular flexibility index (Phi) is 5.30. The molecule has 168 valence electrons. The number of Topliss-reactive ketones (excluding diaryl/α,β-unsaturated/α-hetero) is 1. The van der Waals surface area contributed by atoms with E-state index in [0.717, 1.165) is 0 Å². The second-order valence-corrected chi connectivity index (χ2v) is 9.34. The lowest BCUT2D eigenvalue weighted by molar-refractivity contribution is 0.104. The van der Waals surface area contributed by atoms with Gasteiger partial charge in [-0.15, -0.1) is 0 Å². The van der Waals surface area contributed by atoms with Crippen LogP contribution >= 0.6 is 0 Å². The van der Waals surface area contributed by atoms with Crippen molar-refractivity contribution in [2.45, 2.75) is 11.8 Å². The van der Waals surface area contributed by atoms with Crippen LogP contribution in [-0.2, 0) is 9.84 Å². The first-order chi connectivity index (χ1) is 16.0. The highest BCUT2D eigenvalue weighted by Crippen LogP contribution is 2.43. The number of nitrogens with zero attached hydrogens (tertiary/aromatic N) is 1. The molecule has 0 aromatic heterocycles. The van der Waals surface area contributed by atoms with E-state index in [4.69, 9.17) is 14.2 Å². The highest BCUT2D eigenvalue weighted by atomic mass is 32.2. The Morgan fingerprint density at radius 2 is 1.70 bits per heavy atom. The van der Waals surface area contributed by atoms with Crippen molar-refractivity contribution in [3.8, 4) is 17.2 Å². The van der Waals surface area contributed by atoms with Crippen molar-refractivity contribution in [3.05, 3.63) is 83.4 Å². The van der Waals surface area contributed by atoms with Crippen LogP contribution in [0.4, 0.5) is 11.4 Å². The van der Waals surface area contributed by atoms with Crippen LogP contribution in [0.3, 0.4) is 0 Å². The largest absolute Gasteiger partial charge is 0.494 e. The van der Waals surface area contributed by atoms with Gasteiger partial charge in [0.25, 0.3) is 0 Å². The maximum atomic E-state index is 13.4. The lowest BCUT2D eigenvalue weighted by Crippen LogP contribution is -2.26. The van der Waals surface area contributed by atoms with Crippen molar-refractivity contribution in [2.24, 2.45) is 0 Å². The van der Waals surface area contributed by atoms with E-state index >= 15 is 0 Å². The van der Waals surface area contributed by atoms with Crippen LogP contribution in [-0.4, -0.2) is 34.0 Å². The summed E-state index contributed by atoms with van der Waals surface area (Å²) < 4.78 is 43.5. The number of carbonyl (C=O) groups excluding carboxylic acids is 1. The van der Waals surface area contributed by atoms with Gasteiger partial charge >= 0.3 is 0 Å². The highest BCUT2D eigenvalue weighted by molar-refractivity contribution is 7.96. The first kappa shape index (κ1) is 21.1. The normalized spacial score (nSPS) is 15.9. The summed E-state index contributed by atoms with van der Waals surface area (Å²) in [7, 11) is -4.03. The predicted octanol–water partition coefficient (Wildman–Crippen LogP) is 4.51. The molecule has 0 amide bonds. The Bertz CT molecular complexity index is 1360. The van der Waals surface area contributed by atoms with Gasteiger partial charge in [0, 0.05) is 23.5 Å².